The topological polar surface area (TPSA) is 50.4 Å². The highest BCUT2D eigenvalue weighted by Crippen LogP contribution is 2.36. The van der Waals surface area contributed by atoms with Crippen LogP contribution in [0.3, 0.4) is 0 Å². The quantitative estimate of drug-likeness (QED) is 0.539. The van der Waals surface area contributed by atoms with Crippen molar-refractivity contribution in [3.05, 3.63) is 19.4 Å². The molecule has 112 valence electrons. The van der Waals surface area contributed by atoms with Crippen molar-refractivity contribution in [1.29, 1.82) is 0 Å². The Bertz CT molecular complexity index is 450. The van der Waals surface area contributed by atoms with E-state index < -0.39 is 0 Å². The van der Waals surface area contributed by atoms with E-state index in [1.54, 1.807) is 7.11 Å². The normalized spacial score (nSPS) is 17.8. The second-order valence-electron chi connectivity index (χ2n) is 4.92. The predicted molar refractivity (Wildman–Crippen MR) is 90.2 cm³/mol. The zero-order valence-corrected chi connectivity index (χ0v) is 14.7. The van der Waals surface area contributed by atoms with Gasteiger partial charge in [0.25, 0.3) is 0 Å². The number of aryl methyl sites for hydroxylation is 1. The van der Waals surface area contributed by atoms with Crippen LogP contribution in [0.15, 0.2) is 6.07 Å². The highest BCUT2D eigenvalue weighted by atomic mass is 127. The number of hydrogen-bond acceptors (Lipinski definition) is 4. The van der Waals surface area contributed by atoms with E-state index in [4.69, 9.17) is 4.74 Å². The molecule has 2 N–H and O–H groups in total. The van der Waals surface area contributed by atoms with Gasteiger partial charge < -0.3 is 15.4 Å². The van der Waals surface area contributed by atoms with Crippen LogP contribution in [0.4, 0.5) is 0 Å². The van der Waals surface area contributed by atoms with Crippen molar-refractivity contribution in [2.45, 2.75) is 31.7 Å². The Kier molecular flexibility index (Phi) is 6.73. The molecule has 1 aliphatic rings. The summed E-state index contributed by atoms with van der Waals surface area (Å²) >= 11 is 4.29. The Labute approximate surface area is 137 Å². The van der Waals surface area contributed by atoms with E-state index in [0.29, 0.717) is 25.6 Å². The van der Waals surface area contributed by atoms with E-state index in [9.17, 15) is 4.79 Å². The summed E-state index contributed by atoms with van der Waals surface area (Å²) in [5, 5.41) is 6.37. The zero-order chi connectivity index (χ0) is 14.4. The second kappa shape index (κ2) is 8.31. The van der Waals surface area contributed by atoms with Crippen molar-refractivity contribution in [1.82, 2.24) is 10.6 Å². The Morgan fingerprint density at radius 1 is 1.55 bits per heavy atom. The standard InChI is InChI=1S/C14H21IN2O2S/c1-19-8-7-17-14(18)5-6-16-11-3-2-4-12-10(11)9-13(15)20-12/h9,11,16H,2-8H2,1H3,(H,17,18). The van der Waals surface area contributed by atoms with E-state index in [0.717, 1.165) is 6.54 Å². The van der Waals surface area contributed by atoms with Crippen LogP contribution in [0.1, 0.15) is 35.7 Å². The van der Waals surface area contributed by atoms with Crippen LogP contribution in [0.2, 0.25) is 0 Å². The Morgan fingerprint density at radius 3 is 3.20 bits per heavy atom. The average molecular weight is 408 g/mol. The van der Waals surface area contributed by atoms with Gasteiger partial charge in [-0.25, -0.2) is 0 Å². The molecule has 20 heavy (non-hydrogen) atoms. The highest BCUT2D eigenvalue weighted by molar-refractivity contribution is 14.1. The van der Waals surface area contributed by atoms with Gasteiger partial charge in [-0.15, -0.1) is 11.3 Å². The number of hydrogen-bond donors (Lipinski definition) is 2. The van der Waals surface area contributed by atoms with Crippen LogP contribution in [0.5, 0.6) is 0 Å². The molecule has 0 bridgehead atoms. The number of halogens is 1. The smallest absolute Gasteiger partial charge is 0.221 e. The molecule has 1 unspecified atom stereocenters. The maximum Gasteiger partial charge on any atom is 0.221 e. The minimum absolute atomic E-state index is 0.0884. The third-order valence-corrected chi connectivity index (χ3v) is 5.43. The highest BCUT2D eigenvalue weighted by Gasteiger charge is 2.22. The predicted octanol–water partition coefficient (Wildman–Crippen LogP) is 2.47. The van der Waals surface area contributed by atoms with Crippen molar-refractivity contribution in [2.24, 2.45) is 0 Å². The molecule has 1 atom stereocenters. The van der Waals surface area contributed by atoms with E-state index in [2.05, 4.69) is 39.3 Å². The van der Waals surface area contributed by atoms with Crippen molar-refractivity contribution in [3.63, 3.8) is 0 Å². The number of thiophene rings is 1. The first-order valence-corrected chi connectivity index (χ1v) is 8.87. The summed E-state index contributed by atoms with van der Waals surface area (Å²) in [4.78, 5) is 13.1. The molecule has 0 aliphatic heterocycles. The lowest BCUT2D eigenvalue weighted by molar-refractivity contribution is -0.121. The SMILES string of the molecule is COCCNC(=O)CCNC1CCCc2sc(I)cc21. The van der Waals surface area contributed by atoms with Gasteiger partial charge >= 0.3 is 0 Å². The van der Waals surface area contributed by atoms with Crippen LogP contribution in [-0.4, -0.2) is 32.7 Å². The van der Waals surface area contributed by atoms with Gasteiger partial charge in [0.1, 0.15) is 0 Å². The maximum atomic E-state index is 11.6. The van der Waals surface area contributed by atoms with Gasteiger partial charge in [0.15, 0.2) is 0 Å². The molecule has 1 amide bonds. The summed E-state index contributed by atoms with van der Waals surface area (Å²) in [6.07, 6.45) is 4.14. The third kappa shape index (κ3) is 4.68. The van der Waals surface area contributed by atoms with Gasteiger partial charge in [0, 0.05) is 37.5 Å². The van der Waals surface area contributed by atoms with Crippen molar-refractivity contribution >= 4 is 39.8 Å². The molecule has 0 fully saturated rings. The summed E-state index contributed by atoms with van der Waals surface area (Å²) in [6, 6.07) is 2.71. The summed E-state index contributed by atoms with van der Waals surface area (Å²) in [5.41, 5.74) is 1.45. The van der Waals surface area contributed by atoms with Crippen LogP contribution in [-0.2, 0) is 16.0 Å². The molecule has 0 saturated heterocycles. The van der Waals surface area contributed by atoms with Crippen LogP contribution in [0.25, 0.3) is 0 Å². The van der Waals surface area contributed by atoms with Crippen molar-refractivity contribution < 1.29 is 9.53 Å². The Morgan fingerprint density at radius 2 is 2.40 bits per heavy atom. The maximum absolute atomic E-state index is 11.6. The van der Waals surface area contributed by atoms with E-state index >= 15 is 0 Å². The first-order valence-electron chi connectivity index (χ1n) is 6.98. The van der Waals surface area contributed by atoms with Gasteiger partial charge in [-0.3, -0.25) is 4.79 Å². The molecule has 6 heteroatoms. The summed E-state index contributed by atoms with van der Waals surface area (Å²) in [7, 11) is 1.64. The average Bonchev–Trinajstić information content (AvgIpc) is 2.80. The second-order valence-corrected chi connectivity index (χ2v) is 7.95. The minimum Gasteiger partial charge on any atom is -0.383 e. The number of fused-ring (bicyclic) bond motifs is 1. The number of amides is 1. The first-order chi connectivity index (χ1) is 9.70. The first kappa shape index (κ1) is 16.2. The fourth-order valence-electron chi connectivity index (χ4n) is 2.47. The fraction of sp³-hybridized carbons (Fsp3) is 0.643. The third-order valence-electron chi connectivity index (χ3n) is 3.45. The number of carbonyl (C=O) groups is 1. The van der Waals surface area contributed by atoms with Crippen LogP contribution in [0, 0.1) is 2.88 Å². The molecular weight excluding hydrogens is 387 g/mol. The lowest BCUT2D eigenvalue weighted by Crippen LogP contribution is -2.32. The zero-order valence-electron chi connectivity index (χ0n) is 11.7. The van der Waals surface area contributed by atoms with Crippen LogP contribution >= 0.6 is 33.9 Å². The van der Waals surface area contributed by atoms with Gasteiger partial charge in [0.2, 0.25) is 5.91 Å². The number of ether oxygens (including phenoxy) is 1. The molecule has 1 heterocycles. The molecule has 1 aromatic heterocycles. The van der Waals surface area contributed by atoms with Gasteiger partial charge in [0.05, 0.1) is 9.49 Å². The van der Waals surface area contributed by atoms with Crippen LogP contribution < -0.4 is 10.6 Å². The molecule has 0 radical (unpaired) electrons. The summed E-state index contributed by atoms with van der Waals surface area (Å²) in [5.74, 6) is 0.0884. The van der Waals surface area contributed by atoms with Crippen molar-refractivity contribution in [2.75, 3.05) is 26.8 Å². The number of methoxy groups -OCH3 is 1. The number of rotatable bonds is 7. The van der Waals surface area contributed by atoms with Gasteiger partial charge in [-0.1, -0.05) is 0 Å². The molecule has 0 spiro atoms. The molecule has 4 nitrogen and oxygen atoms in total. The van der Waals surface area contributed by atoms with E-state index in [-0.39, 0.29) is 5.91 Å². The molecule has 1 aliphatic carbocycles. The Hall–Kier alpha value is -0.180. The van der Waals surface area contributed by atoms with Gasteiger partial charge in [-0.05, 0) is 53.5 Å². The molecular formula is C14H21IN2O2S. The fourth-order valence-corrected chi connectivity index (χ4v) is 4.59. The number of carbonyl (C=O) groups excluding carboxylic acids is 1. The number of nitrogens with one attached hydrogen (secondary N) is 2. The van der Waals surface area contributed by atoms with E-state index in [1.807, 2.05) is 11.3 Å². The monoisotopic (exact) mass is 408 g/mol. The summed E-state index contributed by atoms with van der Waals surface area (Å²) in [6.45, 7) is 1.89. The lowest BCUT2D eigenvalue weighted by Gasteiger charge is -2.23. The molecule has 1 aromatic rings. The minimum atomic E-state index is 0.0884. The molecule has 0 saturated carbocycles. The van der Waals surface area contributed by atoms with Crippen molar-refractivity contribution in [3.8, 4) is 0 Å². The molecule has 2 rings (SSSR count). The van der Waals surface area contributed by atoms with Gasteiger partial charge in [-0.2, -0.15) is 0 Å². The largest absolute Gasteiger partial charge is 0.383 e. The Balaban J connectivity index is 1.73. The van der Waals surface area contributed by atoms with E-state index in [1.165, 1.54) is 32.6 Å². The lowest BCUT2D eigenvalue weighted by atomic mass is 9.94. The summed E-state index contributed by atoms with van der Waals surface area (Å²) < 4.78 is 6.26. The molecule has 0 aromatic carbocycles.